The molecule has 0 amide bonds. The zero-order valence-electron chi connectivity index (χ0n) is 10.3. The Morgan fingerprint density at radius 3 is 2.94 bits per heavy atom. The van der Waals surface area contributed by atoms with Gasteiger partial charge in [0.15, 0.2) is 0 Å². The molecule has 90 valence electrons. The van der Waals surface area contributed by atoms with E-state index in [4.69, 9.17) is 5.73 Å². The fraction of sp³-hybridized carbons (Fsp3) is 0.750. The van der Waals surface area contributed by atoms with Crippen LogP contribution >= 0.6 is 0 Å². The van der Waals surface area contributed by atoms with Crippen molar-refractivity contribution in [1.82, 2.24) is 14.7 Å². The highest BCUT2D eigenvalue weighted by Gasteiger charge is 2.28. The van der Waals surface area contributed by atoms with Crippen molar-refractivity contribution in [1.29, 1.82) is 0 Å². The highest BCUT2D eigenvalue weighted by molar-refractivity contribution is 5.12. The van der Waals surface area contributed by atoms with Crippen molar-refractivity contribution in [3.63, 3.8) is 0 Å². The van der Waals surface area contributed by atoms with Crippen molar-refractivity contribution >= 4 is 0 Å². The molecule has 16 heavy (non-hydrogen) atoms. The molecule has 2 N–H and O–H groups in total. The predicted octanol–water partition coefficient (Wildman–Crippen LogP) is 1.39. The maximum atomic E-state index is 5.92. The van der Waals surface area contributed by atoms with Gasteiger partial charge in [-0.05, 0) is 33.2 Å². The fourth-order valence-electron chi connectivity index (χ4n) is 2.61. The van der Waals surface area contributed by atoms with Crippen LogP contribution in [0.15, 0.2) is 12.4 Å². The number of hydrogen-bond acceptors (Lipinski definition) is 3. The van der Waals surface area contributed by atoms with Gasteiger partial charge in [0.05, 0.1) is 12.2 Å². The monoisotopic (exact) mass is 222 g/mol. The SMILES string of the molecule is CCn1cc(C(CN)N2CCCC2C)cn1. The Bertz CT molecular complexity index is 334. The molecule has 2 rings (SSSR count). The topological polar surface area (TPSA) is 47.1 Å². The van der Waals surface area contributed by atoms with Crippen LogP contribution < -0.4 is 5.73 Å². The first-order valence-corrected chi connectivity index (χ1v) is 6.24. The zero-order valence-corrected chi connectivity index (χ0v) is 10.3. The van der Waals surface area contributed by atoms with E-state index in [1.54, 1.807) is 0 Å². The van der Waals surface area contributed by atoms with E-state index in [9.17, 15) is 0 Å². The van der Waals surface area contributed by atoms with Crippen molar-refractivity contribution in [2.24, 2.45) is 5.73 Å². The number of aryl methyl sites for hydroxylation is 1. The summed E-state index contributed by atoms with van der Waals surface area (Å²) in [6.45, 7) is 7.17. The van der Waals surface area contributed by atoms with Gasteiger partial charge in [-0.1, -0.05) is 0 Å². The van der Waals surface area contributed by atoms with Crippen LogP contribution in [0.1, 0.15) is 38.3 Å². The molecule has 2 heterocycles. The minimum absolute atomic E-state index is 0.345. The lowest BCUT2D eigenvalue weighted by Crippen LogP contribution is -2.35. The first-order chi connectivity index (χ1) is 7.76. The first kappa shape index (κ1) is 11.6. The summed E-state index contributed by atoms with van der Waals surface area (Å²) in [6.07, 6.45) is 6.67. The Hall–Kier alpha value is -0.870. The molecule has 0 radical (unpaired) electrons. The number of rotatable bonds is 4. The van der Waals surface area contributed by atoms with Crippen molar-refractivity contribution < 1.29 is 0 Å². The summed E-state index contributed by atoms with van der Waals surface area (Å²) >= 11 is 0. The lowest BCUT2D eigenvalue weighted by atomic mass is 10.1. The van der Waals surface area contributed by atoms with Gasteiger partial charge in [-0.15, -0.1) is 0 Å². The average Bonchev–Trinajstić information content (AvgIpc) is 2.90. The molecule has 0 aromatic carbocycles. The second-order valence-corrected chi connectivity index (χ2v) is 4.61. The van der Waals surface area contributed by atoms with Gasteiger partial charge in [0.25, 0.3) is 0 Å². The average molecular weight is 222 g/mol. The van der Waals surface area contributed by atoms with Gasteiger partial charge < -0.3 is 5.73 Å². The minimum atomic E-state index is 0.345. The van der Waals surface area contributed by atoms with Gasteiger partial charge in [0.2, 0.25) is 0 Å². The Kier molecular flexibility index (Phi) is 3.61. The summed E-state index contributed by atoms with van der Waals surface area (Å²) < 4.78 is 1.97. The minimum Gasteiger partial charge on any atom is -0.329 e. The van der Waals surface area contributed by atoms with E-state index in [0.717, 1.165) is 6.54 Å². The summed E-state index contributed by atoms with van der Waals surface area (Å²) in [7, 11) is 0. The fourth-order valence-corrected chi connectivity index (χ4v) is 2.61. The van der Waals surface area contributed by atoms with Crippen molar-refractivity contribution in [2.75, 3.05) is 13.1 Å². The number of nitrogens with zero attached hydrogens (tertiary/aromatic N) is 3. The summed E-state index contributed by atoms with van der Waals surface area (Å²) in [5.41, 5.74) is 7.18. The van der Waals surface area contributed by atoms with Gasteiger partial charge in [-0.3, -0.25) is 9.58 Å². The molecule has 1 saturated heterocycles. The molecule has 0 bridgehead atoms. The molecule has 1 aliphatic rings. The molecule has 2 atom stereocenters. The van der Waals surface area contributed by atoms with E-state index >= 15 is 0 Å². The Labute approximate surface area is 97.4 Å². The summed E-state index contributed by atoms with van der Waals surface area (Å²) in [5.74, 6) is 0. The number of aromatic nitrogens is 2. The molecule has 1 aromatic rings. The van der Waals surface area contributed by atoms with Crippen LogP contribution in [0.3, 0.4) is 0 Å². The third kappa shape index (κ3) is 2.13. The van der Waals surface area contributed by atoms with Gasteiger partial charge in [-0.25, -0.2) is 0 Å². The highest BCUT2D eigenvalue weighted by atomic mass is 15.3. The Balaban J connectivity index is 2.15. The second-order valence-electron chi connectivity index (χ2n) is 4.61. The van der Waals surface area contributed by atoms with Crippen LogP contribution in [-0.2, 0) is 6.54 Å². The quantitative estimate of drug-likeness (QED) is 0.837. The van der Waals surface area contributed by atoms with Crippen LogP contribution in [0, 0.1) is 0 Å². The number of hydrogen-bond donors (Lipinski definition) is 1. The largest absolute Gasteiger partial charge is 0.329 e. The highest BCUT2D eigenvalue weighted by Crippen LogP contribution is 2.28. The van der Waals surface area contributed by atoms with E-state index in [2.05, 4.69) is 30.0 Å². The number of likely N-dealkylation sites (tertiary alicyclic amines) is 1. The molecule has 1 fully saturated rings. The van der Waals surface area contributed by atoms with Gasteiger partial charge in [-0.2, -0.15) is 5.10 Å². The van der Waals surface area contributed by atoms with Crippen molar-refractivity contribution in [3.05, 3.63) is 18.0 Å². The molecular formula is C12H22N4. The van der Waals surface area contributed by atoms with Crippen molar-refractivity contribution in [2.45, 2.75) is 45.3 Å². The Morgan fingerprint density at radius 1 is 1.62 bits per heavy atom. The van der Waals surface area contributed by atoms with Crippen LogP contribution in [0.25, 0.3) is 0 Å². The van der Waals surface area contributed by atoms with Crippen LogP contribution in [-0.4, -0.2) is 33.8 Å². The maximum Gasteiger partial charge on any atom is 0.0538 e. The third-order valence-corrected chi connectivity index (χ3v) is 3.59. The molecule has 4 heteroatoms. The van der Waals surface area contributed by atoms with E-state index in [0.29, 0.717) is 18.6 Å². The summed E-state index contributed by atoms with van der Waals surface area (Å²) in [4.78, 5) is 2.51. The molecule has 1 aliphatic heterocycles. The van der Waals surface area contributed by atoms with Crippen LogP contribution in [0.5, 0.6) is 0 Å². The smallest absolute Gasteiger partial charge is 0.0538 e. The van der Waals surface area contributed by atoms with Gasteiger partial charge >= 0.3 is 0 Å². The van der Waals surface area contributed by atoms with E-state index in [-0.39, 0.29) is 0 Å². The standard InChI is InChI=1S/C12H22N4/c1-3-15-9-11(8-14-15)12(7-13)16-6-4-5-10(16)2/h8-10,12H,3-7,13H2,1-2H3. The number of nitrogens with two attached hydrogens (primary N) is 1. The van der Waals surface area contributed by atoms with E-state index in [1.807, 2.05) is 10.9 Å². The van der Waals surface area contributed by atoms with Crippen LogP contribution in [0.4, 0.5) is 0 Å². The normalized spacial score (nSPS) is 23.8. The van der Waals surface area contributed by atoms with Crippen LogP contribution in [0.2, 0.25) is 0 Å². The van der Waals surface area contributed by atoms with Crippen molar-refractivity contribution in [3.8, 4) is 0 Å². The van der Waals surface area contributed by atoms with E-state index < -0.39 is 0 Å². The second kappa shape index (κ2) is 4.97. The molecular weight excluding hydrogens is 200 g/mol. The molecule has 0 spiro atoms. The summed E-state index contributed by atoms with van der Waals surface area (Å²) in [5, 5.41) is 4.33. The van der Waals surface area contributed by atoms with Gasteiger partial charge in [0, 0.05) is 30.9 Å². The molecule has 2 unspecified atom stereocenters. The molecule has 0 saturated carbocycles. The zero-order chi connectivity index (χ0) is 11.5. The maximum absolute atomic E-state index is 5.92. The predicted molar refractivity (Wildman–Crippen MR) is 65.1 cm³/mol. The lowest BCUT2D eigenvalue weighted by Gasteiger charge is -2.29. The molecule has 1 aromatic heterocycles. The summed E-state index contributed by atoms with van der Waals surface area (Å²) in [6, 6.07) is 0.997. The molecule has 4 nitrogen and oxygen atoms in total. The third-order valence-electron chi connectivity index (χ3n) is 3.59. The molecule has 0 aliphatic carbocycles. The van der Waals surface area contributed by atoms with Gasteiger partial charge in [0.1, 0.15) is 0 Å². The Morgan fingerprint density at radius 2 is 2.44 bits per heavy atom. The lowest BCUT2D eigenvalue weighted by molar-refractivity contribution is 0.195. The van der Waals surface area contributed by atoms with E-state index in [1.165, 1.54) is 24.9 Å². The first-order valence-electron chi connectivity index (χ1n) is 6.24.